The Kier molecular flexibility index (Phi) is 5.65. The molecule has 0 aliphatic heterocycles. The van der Waals surface area contributed by atoms with Crippen molar-refractivity contribution in [2.24, 2.45) is 0 Å². The van der Waals surface area contributed by atoms with Crippen LogP contribution in [-0.2, 0) is 11.3 Å². The lowest BCUT2D eigenvalue weighted by atomic mass is 10.1. The van der Waals surface area contributed by atoms with E-state index in [1.165, 1.54) is 4.90 Å². The number of carbonyl (C=O) groups is 1. The fourth-order valence-electron chi connectivity index (χ4n) is 2.76. The van der Waals surface area contributed by atoms with E-state index in [0.717, 1.165) is 37.8 Å². The van der Waals surface area contributed by atoms with E-state index in [-0.39, 0.29) is 22.6 Å². The summed E-state index contributed by atoms with van der Waals surface area (Å²) in [6.45, 7) is 5.35. The maximum atomic E-state index is 14.1. The molecule has 3 nitrogen and oxygen atoms in total. The first-order chi connectivity index (χ1) is 10.7. The van der Waals surface area contributed by atoms with Gasteiger partial charge in [0.25, 0.3) is 0 Å². The molecule has 1 aliphatic rings. The van der Waals surface area contributed by atoms with Crippen LogP contribution in [0.4, 0.5) is 13.6 Å². The third-order valence-electron chi connectivity index (χ3n) is 3.86. The second kappa shape index (κ2) is 7.16. The van der Waals surface area contributed by atoms with E-state index in [1.54, 1.807) is 20.8 Å². The second-order valence-corrected chi connectivity index (χ2v) is 7.66. The van der Waals surface area contributed by atoms with Crippen LogP contribution >= 0.6 is 15.9 Å². The van der Waals surface area contributed by atoms with Crippen LogP contribution in [0.15, 0.2) is 16.6 Å². The molecule has 0 heterocycles. The number of carbonyl (C=O) groups excluding carboxylic acids is 1. The van der Waals surface area contributed by atoms with Crippen molar-refractivity contribution < 1.29 is 18.3 Å². The molecule has 0 aromatic heterocycles. The van der Waals surface area contributed by atoms with E-state index in [2.05, 4.69) is 15.9 Å². The van der Waals surface area contributed by atoms with Crippen molar-refractivity contribution in [3.05, 3.63) is 33.8 Å². The first-order valence-corrected chi connectivity index (χ1v) is 8.60. The summed E-state index contributed by atoms with van der Waals surface area (Å²) in [6, 6.07) is 2.15. The van der Waals surface area contributed by atoms with Crippen molar-refractivity contribution in [2.45, 2.75) is 64.6 Å². The smallest absolute Gasteiger partial charge is 0.410 e. The third kappa shape index (κ3) is 4.66. The highest BCUT2D eigenvalue weighted by molar-refractivity contribution is 9.10. The van der Waals surface area contributed by atoms with Crippen LogP contribution in [0, 0.1) is 11.6 Å². The molecule has 1 fully saturated rings. The van der Waals surface area contributed by atoms with Crippen LogP contribution in [0.2, 0.25) is 0 Å². The summed E-state index contributed by atoms with van der Waals surface area (Å²) in [5, 5.41) is 0. The fraction of sp³-hybridized carbons (Fsp3) is 0.588. The molecule has 0 saturated heterocycles. The SMILES string of the molecule is CC(C)(C)OC(=O)N(Cc1c(F)ccc(F)c1Br)C1CCCC1. The second-order valence-electron chi connectivity index (χ2n) is 6.87. The lowest BCUT2D eigenvalue weighted by Gasteiger charge is -2.32. The van der Waals surface area contributed by atoms with E-state index in [0.29, 0.717) is 0 Å². The summed E-state index contributed by atoms with van der Waals surface area (Å²) >= 11 is 3.08. The van der Waals surface area contributed by atoms with Crippen molar-refractivity contribution in [1.82, 2.24) is 4.90 Å². The summed E-state index contributed by atoms with van der Waals surface area (Å²) in [5.41, 5.74) is -0.492. The molecule has 0 spiro atoms. The van der Waals surface area contributed by atoms with Gasteiger partial charge in [0.15, 0.2) is 0 Å². The van der Waals surface area contributed by atoms with Crippen molar-refractivity contribution in [1.29, 1.82) is 0 Å². The summed E-state index contributed by atoms with van der Waals surface area (Å²) in [6.07, 6.45) is 3.27. The van der Waals surface area contributed by atoms with Gasteiger partial charge in [-0.1, -0.05) is 12.8 Å². The van der Waals surface area contributed by atoms with Crippen LogP contribution in [0.25, 0.3) is 0 Å². The van der Waals surface area contributed by atoms with Crippen LogP contribution in [0.5, 0.6) is 0 Å². The Bertz CT molecular complexity index is 581. The predicted octanol–water partition coefficient (Wildman–Crippen LogP) is 5.41. The van der Waals surface area contributed by atoms with Gasteiger partial charge >= 0.3 is 6.09 Å². The number of nitrogens with zero attached hydrogens (tertiary/aromatic N) is 1. The molecule has 0 atom stereocenters. The van der Waals surface area contributed by atoms with Crippen molar-refractivity contribution in [3.63, 3.8) is 0 Å². The quantitative estimate of drug-likeness (QED) is 0.647. The van der Waals surface area contributed by atoms with Crippen molar-refractivity contribution in [2.75, 3.05) is 0 Å². The topological polar surface area (TPSA) is 29.5 Å². The number of amides is 1. The molecule has 0 radical (unpaired) electrons. The number of hydrogen-bond donors (Lipinski definition) is 0. The number of halogens is 3. The molecule has 1 aromatic rings. The van der Waals surface area contributed by atoms with E-state index in [9.17, 15) is 13.6 Å². The molecule has 23 heavy (non-hydrogen) atoms. The Labute approximate surface area is 144 Å². The summed E-state index contributed by atoms with van der Waals surface area (Å²) < 4.78 is 33.3. The summed E-state index contributed by atoms with van der Waals surface area (Å²) in [5.74, 6) is -1.08. The zero-order chi connectivity index (χ0) is 17.2. The summed E-state index contributed by atoms with van der Waals surface area (Å²) in [4.78, 5) is 14.1. The van der Waals surface area contributed by atoms with Crippen LogP contribution in [0.3, 0.4) is 0 Å². The Balaban J connectivity index is 2.28. The van der Waals surface area contributed by atoms with E-state index < -0.39 is 23.3 Å². The average Bonchev–Trinajstić information content (AvgIpc) is 2.95. The van der Waals surface area contributed by atoms with Crippen LogP contribution < -0.4 is 0 Å². The molecule has 0 bridgehead atoms. The number of ether oxygens (including phenoxy) is 1. The normalized spacial score (nSPS) is 15.7. The van der Waals surface area contributed by atoms with Gasteiger partial charge in [0.2, 0.25) is 0 Å². The van der Waals surface area contributed by atoms with E-state index >= 15 is 0 Å². The molecule has 2 rings (SSSR count). The fourth-order valence-corrected chi connectivity index (χ4v) is 3.21. The van der Waals surface area contributed by atoms with Crippen molar-refractivity contribution >= 4 is 22.0 Å². The molecule has 1 amide bonds. The van der Waals surface area contributed by atoms with Crippen LogP contribution in [0.1, 0.15) is 52.0 Å². The van der Waals surface area contributed by atoms with Gasteiger partial charge in [-0.3, -0.25) is 0 Å². The van der Waals surface area contributed by atoms with Gasteiger partial charge < -0.3 is 9.64 Å². The van der Waals surface area contributed by atoms with Gasteiger partial charge in [0, 0.05) is 11.6 Å². The third-order valence-corrected chi connectivity index (χ3v) is 4.72. The maximum Gasteiger partial charge on any atom is 0.410 e. The van der Waals surface area contributed by atoms with Gasteiger partial charge in [-0.2, -0.15) is 0 Å². The van der Waals surface area contributed by atoms with Gasteiger partial charge in [-0.25, -0.2) is 13.6 Å². The average molecular weight is 390 g/mol. The first-order valence-electron chi connectivity index (χ1n) is 7.81. The van der Waals surface area contributed by atoms with E-state index in [1.807, 2.05) is 0 Å². The minimum Gasteiger partial charge on any atom is -0.444 e. The highest BCUT2D eigenvalue weighted by Gasteiger charge is 2.31. The number of rotatable bonds is 3. The molecule has 128 valence electrons. The standard InChI is InChI=1S/C17H22BrF2NO2/c1-17(2,3)23-16(22)21(11-6-4-5-7-11)10-12-13(19)8-9-14(20)15(12)18/h8-9,11H,4-7,10H2,1-3H3. The molecular weight excluding hydrogens is 368 g/mol. The van der Waals surface area contributed by atoms with Gasteiger partial charge in [0.1, 0.15) is 17.2 Å². The molecular formula is C17H22BrF2NO2. The van der Waals surface area contributed by atoms with Gasteiger partial charge in [0.05, 0.1) is 11.0 Å². The highest BCUT2D eigenvalue weighted by Crippen LogP contribution is 2.30. The monoisotopic (exact) mass is 389 g/mol. The zero-order valence-corrected chi connectivity index (χ0v) is 15.3. The minimum atomic E-state index is -0.633. The summed E-state index contributed by atoms with van der Waals surface area (Å²) in [7, 11) is 0. The Morgan fingerprint density at radius 1 is 1.26 bits per heavy atom. The van der Waals surface area contributed by atoms with Crippen molar-refractivity contribution in [3.8, 4) is 0 Å². The maximum absolute atomic E-state index is 14.1. The minimum absolute atomic E-state index is 0.000539. The lowest BCUT2D eigenvalue weighted by molar-refractivity contribution is 0.0142. The molecule has 1 aromatic carbocycles. The predicted molar refractivity (Wildman–Crippen MR) is 88.1 cm³/mol. The van der Waals surface area contributed by atoms with Gasteiger partial charge in [-0.05, 0) is 61.7 Å². The number of benzene rings is 1. The lowest BCUT2D eigenvalue weighted by Crippen LogP contribution is -2.42. The zero-order valence-electron chi connectivity index (χ0n) is 13.7. The Morgan fingerprint density at radius 2 is 1.83 bits per heavy atom. The molecule has 0 unspecified atom stereocenters. The molecule has 1 saturated carbocycles. The molecule has 6 heteroatoms. The molecule has 0 N–H and O–H groups in total. The highest BCUT2D eigenvalue weighted by atomic mass is 79.9. The van der Waals surface area contributed by atoms with Gasteiger partial charge in [-0.15, -0.1) is 0 Å². The number of hydrogen-bond acceptors (Lipinski definition) is 2. The Morgan fingerprint density at radius 3 is 2.39 bits per heavy atom. The van der Waals surface area contributed by atoms with E-state index in [4.69, 9.17) is 4.74 Å². The largest absolute Gasteiger partial charge is 0.444 e. The first kappa shape index (κ1) is 18.2. The Hall–Kier alpha value is -1.17. The molecule has 1 aliphatic carbocycles. The van der Waals surface area contributed by atoms with Crippen LogP contribution in [-0.4, -0.2) is 22.6 Å².